The zero-order valence-corrected chi connectivity index (χ0v) is 16.9. The second-order valence-electron chi connectivity index (χ2n) is 6.22. The van der Waals surface area contributed by atoms with Gasteiger partial charge in [-0.3, -0.25) is 4.98 Å². The molecule has 1 fully saturated rings. The normalized spacial score (nSPS) is 15.2. The first-order valence-corrected chi connectivity index (χ1v) is 8.64. The first-order valence-electron chi connectivity index (χ1n) is 8.64. The summed E-state index contributed by atoms with van der Waals surface area (Å²) < 4.78 is 18.6. The van der Waals surface area contributed by atoms with E-state index in [0.717, 1.165) is 18.5 Å². The van der Waals surface area contributed by atoms with Gasteiger partial charge in [0.25, 0.3) is 0 Å². The van der Waals surface area contributed by atoms with Gasteiger partial charge in [-0.2, -0.15) is 0 Å². The Hall–Kier alpha value is -1.90. The Morgan fingerprint density at radius 2 is 1.88 bits per heavy atom. The van der Waals surface area contributed by atoms with E-state index in [0.29, 0.717) is 30.0 Å². The number of nitrogens with two attached hydrogens (primary N) is 1. The molecule has 1 aromatic heterocycles. The highest BCUT2D eigenvalue weighted by Crippen LogP contribution is 2.22. The largest absolute Gasteiger partial charge is 0.457 e. The molecule has 1 aromatic carbocycles. The van der Waals surface area contributed by atoms with Crippen molar-refractivity contribution in [3.05, 3.63) is 54.1 Å². The molecule has 0 spiro atoms. The lowest BCUT2D eigenvalue weighted by atomic mass is 9.96. The molecule has 2 aromatic rings. The summed E-state index contributed by atoms with van der Waals surface area (Å²) in [5.41, 5.74) is 6.73. The summed E-state index contributed by atoms with van der Waals surface area (Å²) >= 11 is 0. The minimum absolute atomic E-state index is 0. The number of guanidine groups is 1. The van der Waals surface area contributed by atoms with Gasteiger partial charge in [0.15, 0.2) is 5.96 Å². The summed E-state index contributed by atoms with van der Waals surface area (Å²) in [6.45, 7) is 0.381. The molecule has 1 aliphatic carbocycles. The number of nitrogens with zero attached hydrogens (tertiary/aromatic N) is 2. The zero-order chi connectivity index (χ0) is 17.5. The van der Waals surface area contributed by atoms with Crippen molar-refractivity contribution in [3.8, 4) is 11.5 Å². The molecule has 0 unspecified atom stereocenters. The maximum atomic E-state index is 12.9. The van der Waals surface area contributed by atoms with Crippen molar-refractivity contribution in [1.29, 1.82) is 0 Å². The third kappa shape index (κ3) is 6.44. The lowest BCUT2D eigenvalue weighted by Gasteiger charge is -2.23. The van der Waals surface area contributed by atoms with E-state index in [2.05, 4.69) is 15.3 Å². The van der Waals surface area contributed by atoms with Crippen LogP contribution in [-0.2, 0) is 6.54 Å². The fourth-order valence-electron chi connectivity index (χ4n) is 2.91. The summed E-state index contributed by atoms with van der Waals surface area (Å²) in [6.07, 6.45) is 7.75. The molecule has 1 saturated carbocycles. The van der Waals surface area contributed by atoms with Crippen molar-refractivity contribution in [2.75, 3.05) is 0 Å². The van der Waals surface area contributed by atoms with E-state index in [1.807, 2.05) is 0 Å². The number of aromatic nitrogens is 1. The van der Waals surface area contributed by atoms with Gasteiger partial charge in [-0.05, 0) is 43.2 Å². The number of ether oxygens (including phenoxy) is 1. The van der Waals surface area contributed by atoms with Crippen molar-refractivity contribution in [2.24, 2.45) is 10.7 Å². The molecular formula is C19H24FIN4O. The predicted octanol–water partition coefficient (Wildman–Crippen LogP) is 4.37. The van der Waals surface area contributed by atoms with E-state index >= 15 is 0 Å². The van der Waals surface area contributed by atoms with Gasteiger partial charge in [0.1, 0.15) is 17.3 Å². The third-order valence-corrected chi connectivity index (χ3v) is 4.21. The monoisotopic (exact) mass is 470 g/mol. The van der Waals surface area contributed by atoms with Crippen LogP contribution in [0.1, 0.15) is 37.8 Å². The van der Waals surface area contributed by atoms with Crippen LogP contribution in [0.2, 0.25) is 0 Å². The Morgan fingerprint density at radius 3 is 2.62 bits per heavy atom. The van der Waals surface area contributed by atoms with E-state index in [9.17, 15) is 4.39 Å². The minimum atomic E-state index is -0.293. The van der Waals surface area contributed by atoms with E-state index in [1.165, 1.54) is 31.4 Å². The minimum Gasteiger partial charge on any atom is -0.457 e. The predicted molar refractivity (Wildman–Crippen MR) is 111 cm³/mol. The fourth-order valence-corrected chi connectivity index (χ4v) is 2.91. The van der Waals surface area contributed by atoms with Crippen molar-refractivity contribution in [1.82, 2.24) is 10.3 Å². The third-order valence-electron chi connectivity index (χ3n) is 4.21. The second kappa shape index (κ2) is 10.3. The zero-order valence-electron chi connectivity index (χ0n) is 14.5. The summed E-state index contributed by atoms with van der Waals surface area (Å²) in [4.78, 5) is 8.65. The Kier molecular flexibility index (Phi) is 8.08. The average Bonchev–Trinajstić information content (AvgIpc) is 2.63. The van der Waals surface area contributed by atoms with E-state index < -0.39 is 0 Å². The van der Waals surface area contributed by atoms with Crippen LogP contribution in [0, 0.1) is 5.82 Å². The summed E-state index contributed by atoms with van der Waals surface area (Å²) in [5.74, 6) is 1.36. The Morgan fingerprint density at radius 1 is 1.15 bits per heavy atom. The molecule has 0 saturated heterocycles. The van der Waals surface area contributed by atoms with E-state index in [-0.39, 0.29) is 29.8 Å². The summed E-state index contributed by atoms with van der Waals surface area (Å²) in [7, 11) is 0. The van der Waals surface area contributed by atoms with Crippen molar-refractivity contribution >= 4 is 29.9 Å². The van der Waals surface area contributed by atoms with Crippen molar-refractivity contribution in [3.63, 3.8) is 0 Å². The topological polar surface area (TPSA) is 72.5 Å². The van der Waals surface area contributed by atoms with Crippen LogP contribution >= 0.6 is 24.0 Å². The number of hydrogen-bond acceptors (Lipinski definition) is 3. The van der Waals surface area contributed by atoms with Crippen LogP contribution in [0.4, 0.5) is 4.39 Å². The number of pyridine rings is 1. The average molecular weight is 470 g/mol. The maximum absolute atomic E-state index is 12.9. The fraction of sp³-hybridized carbons (Fsp3) is 0.368. The molecule has 140 valence electrons. The molecule has 0 aliphatic heterocycles. The van der Waals surface area contributed by atoms with Crippen LogP contribution in [0.15, 0.2) is 47.6 Å². The molecule has 0 bridgehead atoms. The first-order chi connectivity index (χ1) is 12.2. The SMILES string of the molecule is I.NC(=NCc1cc(Oc2ccc(F)cc2)ccn1)NC1CCCCC1. The highest BCUT2D eigenvalue weighted by molar-refractivity contribution is 14.0. The standard InChI is InChI=1S/C19H23FN4O.HI/c20-14-6-8-17(9-7-14)25-18-10-11-22-16(12-18)13-23-19(21)24-15-4-2-1-3-5-15;/h6-12,15H,1-5,13H2,(H3,21,23,24);1H. The van der Waals surface area contributed by atoms with Crippen LogP contribution in [0.5, 0.6) is 11.5 Å². The van der Waals surface area contributed by atoms with Gasteiger partial charge < -0.3 is 15.8 Å². The van der Waals surface area contributed by atoms with Crippen molar-refractivity contribution in [2.45, 2.75) is 44.7 Å². The smallest absolute Gasteiger partial charge is 0.189 e. The maximum Gasteiger partial charge on any atom is 0.189 e. The molecule has 1 heterocycles. The highest BCUT2D eigenvalue weighted by Gasteiger charge is 2.13. The number of hydrogen-bond donors (Lipinski definition) is 2. The molecule has 1 aliphatic rings. The Balaban J connectivity index is 0.00000243. The quantitative estimate of drug-likeness (QED) is 0.387. The van der Waals surface area contributed by atoms with E-state index in [1.54, 1.807) is 30.5 Å². The molecule has 7 heteroatoms. The van der Waals surface area contributed by atoms with Crippen molar-refractivity contribution < 1.29 is 9.13 Å². The number of benzene rings is 1. The molecule has 3 N–H and O–H groups in total. The molecule has 3 rings (SSSR count). The Bertz CT molecular complexity index is 718. The second-order valence-corrected chi connectivity index (χ2v) is 6.22. The van der Waals surface area contributed by atoms with Gasteiger partial charge in [0, 0.05) is 18.3 Å². The molecular weight excluding hydrogens is 446 g/mol. The van der Waals surface area contributed by atoms with Gasteiger partial charge in [0.05, 0.1) is 12.2 Å². The lowest BCUT2D eigenvalue weighted by Crippen LogP contribution is -2.41. The molecule has 0 atom stereocenters. The Labute approximate surface area is 170 Å². The van der Waals surface area contributed by atoms with Gasteiger partial charge in [-0.15, -0.1) is 24.0 Å². The molecule has 0 radical (unpaired) electrons. The van der Waals surface area contributed by atoms with Crippen LogP contribution < -0.4 is 15.8 Å². The van der Waals surface area contributed by atoms with Gasteiger partial charge >= 0.3 is 0 Å². The number of nitrogens with one attached hydrogen (secondary N) is 1. The number of aliphatic imine (C=N–C) groups is 1. The molecule has 26 heavy (non-hydrogen) atoms. The number of rotatable bonds is 5. The van der Waals surface area contributed by atoms with Gasteiger partial charge in [-0.25, -0.2) is 9.38 Å². The molecule has 5 nitrogen and oxygen atoms in total. The number of halogens is 2. The highest BCUT2D eigenvalue weighted by atomic mass is 127. The summed E-state index contributed by atoms with van der Waals surface area (Å²) in [5, 5.41) is 3.28. The van der Waals surface area contributed by atoms with Crippen LogP contribution in [0.3, 0.4) is 0 Å². The van der Waals surface area contributed by atoms with Crippen LogP contribution in [0.25, 0.3) is 0 Å². The van der Waals surface area contributed by atoms with Crippen LogP contribution in [-0.4, -0.2) is 17.0 Å². The van der Waals surface area contributed by atoms with Gasteiger partial charge in [0.2, 0.25) is 0 Å². The molecule has 0 amide bonds. The van der Waals surface area contributed by atoms with E-state index in [4.69, 9.17) is 10.5 Å². The lowest BCUT2D eigenvalue weighted by molar-refractivity contribution is 0.412. The summed E-state index contributed by atoms with van der Waals surface area (Å²) in [6, 6.07) is 9.87. The van der Waals surface area contributed by atoms with Gasteiger partial charge in [-0.1, -0.05) is 19.3 Å². The first kappa shape index (κ1) is 20.4.